The molecule has 25 heavy (non-hydrogen) atoms. The molecule has 0 bridgehead atoms. The maximum Gasteiger partial charge on any atom is 0.232 e. The predicted molar refractivity (Wildman–Crippen MR) is 96.8 cm³/mol. The monoisotopic (exact) mass is 370 g/mol. The number of benzene rings is 1. The average molecular weight is 370 g/mol. The number of ether oxygens (including phenoxy) is 2. The molecule has 2 rings (SSSR count). The number of carbonyl (C=O) groups excluding carboxylic acids is 1. The third-order valence-corrected chi connectivity index (χ3v) is 5.50. The maximum absolute atomic E-state index is 12.2. The Balaban J connectivity index is 2.13. The van der Waals surface area contributed by atoms with Crippen LogP contribution in [0.5, 0.6) is 11.5 Å². The lowest BCUT2D eigenvalue weighted by molar-refractivity contribution is -0.121. The minimum Gasteiger partial charge on any atom is -0.497 e. The number of hydrogen-bond donors (Lipinski definition) is 1. The van der Waals surface area contributed by atoms with Gasteiger partial charge in [-0.05, 0) is 25.0 Å². The molecule has 0 heterocycles. The van der Waals surface area contributed by atoms with Gasteiger partial charge < -0.3 is 14.8 Å². The van der Waals surface area contributed by atoms with Gasteiger partial charge in [0, 0.05) is 25.1 Å². The summed E-state index contributed by atoms with van der Waals surface area (Å²) >= 11 is 0. The summed E-state index contributed by atoms with van der Waals surface area (Å²) in [4.78, 5) is 12.1. The van der Waals surface area contributed by atoms with Crippen LogP contribution in [-0.4, -0.2) is 47.4 Å². The Morgan fingerprint density at radius 3 is 2.48 bits per heavy atom. The van der Waals surface area contributed by atoms with Crippen molar-refractivity contribution in [2.45, 2.75) is 38.1 Å². The lowest BCUT2D eigenvalue weighted by Crippen LogP contribution is -2.37. The summed E-state index contributed by atoms with van der Waals surface area (Å²) in [5.74, 6) is 0.807. The Labute approximate surface area is 149 Å². The Morgan fingerprint density at radius 2 is 1.92 bits per heavy atom. The van der Waals surface area contributed by atoms with Crippen molar-refractivity contribution in [1.29, 1.82) is 0 Å². The van der Waals surface area contributed by atoms with Crippen LogP contribution < -0.4 is 19.1 Å². The quantitative estimate of drug-likeness (QED) is 0.756. The maximum atomic E-state index is 12.2. The largest absolute Gasteiger partial charge is 0.497 e. The number of nitrogens with zero attached hydrogens (tertiary/aromatic N) is 1. The van der Waals surface area contributed by atoms with E-state index >= 15 is 0 Å². The van der Waals surface area contributed by atoms with E-state index in [-0.39, 0.29) is 24.9 Å². The van der Waals surface area contributed by atoms with Gasteiger partial charge in [-0.3, -0.25) is 9.10 Å². The van der Waals surface area contributed by atoms with E-state index in [1.165, 1.54) is 18.5 Å². The highest BCUT2D eigenvalue weighted by Gasteiger charge is 2.23. The van der Waals surface area contributed by atoms with Gasteiger partial charge in [0.1, 0.15) is 11.5 Å². The molecule has 1 aromatic rings. The van der Waals surface area contributed by atoms with Gasteiger partial charge in [0.05, 0.1) is 26.2 Å². The van der Waals surface area contributed by atoms with Crippen LogP contribution in [0.2, 0.25) is 0 Å². The van der Waals surface area contributed by atoms with Gasteiger partial charge in [-0.25, -0.2) is 8.42 Å². The molecule has 1 aliphatic carbocycles. The van der Waals surface area contributed by atoms with E-state index < -0.39 is 10.0 Å². The first kappa shape index (κ1) is 19.4. The summed E-state index contributed by atoms with van der Waals surface area (Å²) in [6.45, 7) is 0.0556. The minimum absolute atomic E-state index is 0.0556. The lowest BCUT2D eigenvalue weighted by atomic mass is 10.2. The highest BCUT2D eigenvalue weighted by molar-refractivity contribution is 7.92. The summed E-state index contributed by atoms with van der Waals surface area (Å²) in [7, 11) is -0.573. The van der Waals surface area contributed by atoms with Crippen LogP contribution >= 0.6 is 0 Å². The zero-order valence-corrected chi connectivity index (χ0v) is 15.8. The lowest BCUT2D eigenvalue weighted by Gasteiger charge is -2.24. The number of methoxy groups -OCH3 is 2. The van der Waals surface area contributed by atoms with Crippen LogP contribution in [0.1, 0.15) is 32.1 Å². The molecule has 7 nitrogen and oxygen atoms in total. The summed E-state index contributed by atoms with van der Waals surface area (Å²) in [6.07, 6.45) is 5.46. The van der Waals surface area contributed by atoms with Crippen molar-refractivity contribution in [3.63, 3.8) is 0 Å². The number of carbonyl (C=O) groups is 1. The molecule has 0 unspecified atom stereocenters. The third kappa shape index (κ3) is 5.26. The van der Waals surface area contributed by atoms with Gasteiger partial charge in [0.25, 0.3) is 0 Å². The van der Waals surface area contributed by atoms with Crippen molar-refractivity contribution in [3.8, 4) is 11.5 Å². The highest BCUT2D eigenvalue weighted by atomic mass is 32.2. The van der Waals surface area contributed by atoms with Crippen LogP contribution in [-0.2, 0) is 14.8 Å². The molecular formula is C17H26N2O5S. The van der Waals surface area contributed by atoms with Crippen molar-refractivity contribution in [3.05, 3.63) is 18.2 Å². The molecule has 140 valence electrons. The Bertz CT molecular complexity index is 699. The van der Waals surface area contributed by atoms with E-state index in [4.69, 9.17) is 9.47 Å². The zero-order valence-electron chi connectivity index (χ0n) is 14.9. The molecule has 0 aromatic heterocycles. The van der Waals surface area contributed by atoms with E-state index in [1.807, 2.05) is 0 Å². The molecule has 1 fully saturated rings. The van der Waals surface area contributed by atoms with Crippen LogP contribution in [0.3, 0.4) is 0 Å². The second kappa shape index (κ2) is 8.42. The van der Waals surface area contributed by atoms with Gasteiger partial charge in [-0.2, -0.15) is 0 Å². The third-order valence-electron chi connectivity index (χ3n) is 4.32. The fourth-order valence-electron chi connectivity index (χ4n) is 3.03. The SMILES string of the molecule is COc1ccc(N(CCC(=O)NC2CCCC2)S(C)(=O)=O)c(OC)c1. The van der Waals surface area contributed by atoms with Crippen LogP contribution in [0.4, 0.5) is 5.69 Å². The standard InChI is InChI=1S/C17H26N2O5S/c1-23-14-8-9-15(16(12-14)24-2)19(25(3,21)22)11-10-17(20)18-13-6-4-5-7-13/h8-9,12-13H,4-7,10-11H2,1-3H3,(H,18,20). The van der Waals surface area contributed by atoms with E-state index in [2.05, 4.69) is 5.32 Å². The molecule has 0 aliphatic heterocycles. The molecule has 0 radical (unpaired) electrons. The normalized spacial score (nSPS) is 15.0. The molecule has 1 amide bonds. The Morgan fingerprint density at radius 1 is 1.24 bits per heavy atom. The number of sulfonamides is 1. The molecular weight excluding hydrogens is 344 g/mol. The van der Waals surface area contributed by atoms with Gasteiger partial charge >= 0.3 is 0 Å². The zero-order chi connectivity index (χ0) is 18.4. The molecule has 1 saturated carbocycles. The second-order valence-electron chi connectivity index (χ2n) is 6.17. The van der Waals surface area contributed by atoms with E-state index in [0.29, 0.717) is 17.2 Å². The first-order chi connectivity index (χ1) is 11.8. The smallest absolute Gasteiger partial charge is 0.232 e. The van der Waals surface area contributed by atoms with Gasteiger partial charge in [-0.1, -0.05) is 12.8 Å². The molecule has 1 aromatic carbocycles. The molecule has 1 aliphatic rings. The van der Waals surface area contributed by atoms with Crippen LogP contribution in [0, 0.1) is 0 Å². The first-order valence-electron chi connectivity index (χ1n) is 8.34. The predicted octanol–water partition coefficient (Wildman–Crippen LogP) is 1.92. The number of hydrogen-bond acceptors (Lipinski definition) is 5. The van der Waals surface area contributed by atoms with E-state index in [0.717, 1.165) is 31.9 Å². The van der Waals surface area contributed by atoms with Gasteiger partial charge in [-0.15, -0.1) is 0 Å². The summed E-state index contributed by atoms with van der Waals surface area (Å²) in [5, 5.41) is 2.97. The minimum atomic E-state index is -3.56. The topological polar surface area (TPSA) is 84.9 Å². The van der Waals surface area contributed by atoms with Crippen molar-refractivity contribution in [2.24, 2.45) is 0 Å². The van der Waals surface area contributed by atoms with Crippen molar-refractivity contribution < 1.29 is 22.7 Å². The molecule has 1 N–H and O–H groups in total. The Hall–Kier alpha value is -1.96. The van der Waals surface area contributed by atoms with Gasteiger partial charge in [0.2, 0.25) is 15.9 Å². The van der Waals surface area contributed by atoms with Gasteiger partial charge in [0.15, 0.2) is 0 Å². The highest BCUT2D eigenvalue weighted by Crippen LogP contribution is 2.33. The average Bonchev–Trinajstić information content (AvgIpc) is 3.06. The number of amides is 1. The fourth-order valence-corrected chi connectivity index (χ4v) is 3.96. The summed E-state index contributed by atoms with van der Waals surface area (Å²) in [6, 6.07) is 5.11. The molecule has 8 heteroatoms. The fraction of sp³-hybridized carbons (Fsp3) is 0.588. The summed E-state index contributed by atoms with van der Waals surface area (Å²) in [5.41, 5.74) is 0.388. The molecule has 0 spiro atoms. The van der Waals surface area contributed by atoms with Crippen molar-refractivity contribution in [1.82, 2.24) is 5.32 Å². The molecule has 0 saturated heterocycles. The first-order valence-corrected chi connectivity index (χ1v) is 10.2. The summed E-state index contributed by atoms with van der Waals surface area (Å²) < 4.78 is 36.1. The van der Waals surface area contributed by atoms with Crippen molar-refractivity contribution in [2.75, 3.05) is 31.3 Å². The number of rotatable bonds is 8. The van der Waals surface area contributed by atoms with Crippen molar-refractivity contribution >= 4 is 21.6 Å². The Kier molecular flexibility index (Phi) is 6.52. The second-order valence-corrected chi connectivity index (χ2v) is 8.08. The molecule has 0 atom stereocenters. The van der Waals surface area contributed by atoms with Crippen LogP contribution in [0.25, 0.3) is 0 Å². The van der Waals surface area contributed by atoms with Crippen LogP contribution in [0.15, 0.2) is 18.2 Å². The van der Waals surface area contributed by atoms with E-state index in [9.17, 15) is 13.2 Å². The number of anilines is 1. The van der Waals surface area contributed by atoms with E-state index in [1.54, 1.807) is 18.2 Å². The number of nitrogens with one attached hydrogen (secondary N) is 1.